The number of aliphatic hydroxyl groups is 1. The summed E-state index contributed by atoms with van der Waals surface area (Å²) in [7, 11) is -3.50. The Bertz CT molecular complexity index is 473. The van der Waals surface area contributed by atoms with Crippen LogP contribution in [0.1, 0.15) is 19.8 Å². The molecule has 0 amide bonds. The van der Waals surface area contributed by atoms with Crippen molar-refractivity contribution in [1.29, 1.82) is 0 Å². The maximum Gasteiger partial charge on any atom is 0.242 e. The quantitative estimate of drug-likeness (QED) is 0.763. The fourth-order valence-corrected chi connectivity index (χ4v) is 6.38. The van der Waals surface area contributed by atoms with E-state index < -0.39 is 10.0 Å². The fourth-order valence-electron chi connectivity index (χ4n) is 1.29. The molecule has 8 heteroatoms. The molecule has 0 aromatic carbocycles. The van der Waals surface area contributed by atoms with Crippen molar-refractivity contribution in [2.45, 2.75) is 30.7 Å². The van der Waals surface area contributed by atoms with E-state index in [1.165, 1.54) is 11.3 Å². The summed E-state index contributed by atoms with van der Waals surface area (Å²) >= 11 is 7.79. The molecular weight excluding hydrogens is 394 g/mol. The van der Waals surface area contributed by atoms with Gasteiger partial charge in [0.2, 0.25) is 10.0 Å². The Labute approximate surface area is 122 Å². The van der Waals surface area contributed by atoms with Gasteiger partial charge in [-0.2, -0.15) is 0 Å². The Morgan fingerprint density at radius 2 is 2.18 bits per heavy atom. The molecule has 0 aliphatic carbocycles. The second-order valence-electron chi connectivity index (χ2n) is 3.58. The normalized spacial score (nSPS) is 13.9. The van der Waals surface area contributed by atoms with Crippen molar-refractivity contribution >= 4 is 53.2 Å². The lowest BCUT2D eigenvalue weighted by Crippen LogP contribution is -2.32. The minimum absolute atomic E-state index is 0.0692. The molecule has 0 fully saturated rings. The van der Waals surface area contributed by atoms with Crippen LogP contribution >= 0.6 is 43.2 Å². The molecule has 1 rings (SSSR count). The minimum Gasteiger partial charge on any atom is -0.396 e. The van der Waals surface area contributed by atoms with E-state index in [9.17, 15) is 8.42 Å². The highest BCUT2D eigenvalue weighted by Gasteiger charge is 2.22. The fraction of sp³-hybridized carbons (Fsp3) is 0.556. The van der Waals surface area contributed by atoms with Gasteiger partial charge in [0.1, 0.15) is 4.90 Å². The Hall–Kier alpha value is 0.530. The number of rotatable bonds is 6. The van der Waals surface area contributed by atoms with Crippen LogP contribution in [0, 0.1) is 0 Å². The summed E-state index contributed by atoms with van der Waals surface area (Å²) in [6.07, 6.45) is 1.19. The van der Waals surface area contributed by atoms with Crippen LogP contribution in [0.3, 0.4) is 0 Å². The van der Waals surface area contributed by atoms with Crippen molar-refractivity contribution in [3.05, 3.63) is 13.6 Å². The number of aliphatic hydroxyl groups excluding tert-OH is 1. The number of hydrogen-bond acceptors (Lipinski definition) is 4. The largest absolute Gasteiger partial charge is 0.396 e. The van der Waals surface area contributed by atoms with Gasteiger partial charge in [0.15, 0.2) is 0 Å². The van der Waals surface area contributed by atoms with Crippen molar-refractivity contribution in [3.8, 4) is 0 Å². The van der Waals surface area contributed by atoms with Crippen molar-refractivity contribution in [2.75, 3.05) is 6.61 Å². The van der Waals surface area contributed by atoms with E-state index in [0.717, 1.165) is 3.79 Å². The third kappa shape index (κ3) is 4.60. The van der Waals surface area contributed by atoms with Crippen LogP contribution in [0.2, 0.25) is 0 Å². The van der Waals surface area contributed by atoms with Crippen LogP contribution < -0.4 is 4.72 Å². The van der Waals surface area contributed by atoms with Gasteiger partial charge in [-0.25, -0.2) is 13.1 Å². The van der Waals surface area contributed by atoms with Gasteiger partial charge in [-0.15, -0.1) is 11.3 Å². The highest BCUT2D eigenvalue weighted by molar-refractivity contribution is 9.12. The van der Waals surface area contributed by atoms with Crippen molar-refractivity contribution < 1.29 is 13.5 Å². The van der Waals surface area contributed by atoms with Gasteiger partial charge in [0.05, 0.1) is 7.57 Å². The summed E-state index contributed by atoms with van der Waals surface area (Å²) in [4.78, 5) is 0.241. The standard InChI is InChI=1S/C9H13Br2NO3S2/c1-6(3-2-4-13)12-17(14,15)7-5-8(10)16-9(7)11/h5-6,12-13H,2-4H2,1H3. The van der Waals surface area contributed by atoms with Crippen molar-refractivity contribution in [1.82, 2.24) is 4.72 Å². The van der Waals surface area contributed by atoms with Gasteiger partial charge in [0, 0.05) is 12.6 Å². The molecule has 0 bridgehead atoms. The maximum absolute atomic E-state index is 12.0. The molecule has 98 valence electrons. The molecule has 0 radical (unpaired) electrons. The average molecular weight is 407 g/mol. The van der Waals surface area contributed by atoms with E-state index in [1.807, 2.05) is 0 Å². The first kappa shape index (κ1) is 15.6. The van der Waals surface area contributed by atoms with Crippen LogP contribution in [0.15, 0.2) is 18.5 Å². The van der Waals surface area contributed by atoms with Gasteiger partial charge in [-0.1, -0.05) is 0 Å². The monoisotopic (exact) mass is 405 g/mol. The molecule has 1 heterocycles. The number of nitrogens with one attached hydrogen (secondary N) is 1. The third-order valence-electron chi connectivity index (χ3n) is 2.07. The summed E-state index contributed by atoms with van der Waals surface area (Å²) in [5.74, 6) is 0. The molecule has 0 aliphatic rings. The molecule has 1 aromatic heterocycles. The van der Waals surface area contributed by atoms with Gasteiger partial charge in [0.25, 0.3) is 0 Å². The lowest BCUT2D eigenvalue weighted by Gasteiger charge is -2.12. The van der Waals surface area contributed by atoms with E-state index >= 15 is 0 Å². The molecule has 1 atom stereocenters. The molecular formula is C9H13Br2NO3S2. The second kappa shape index (κ2) is 6.63. The van der Waals surface area contributed by atoms with E-state index in [-0.39, 0.29) is 17.5 Å². The third-order valence-corrected chi connectivity index (χ3v) is 6.41. The van der Waals surface area contributed by atoms with Crippen LogP contribution in [0.25, 0.3) is 0 Å². The number of sulfonamides is 1. The van der Waals surface area contributed by atoms with Crippen LogP contribution in [-0.4, -0.2) is 26.2 Å². The van der Waals surface area contributed by atoms with Crippen LogP contribution in [0.4, 0.5) is 0 Å². The van der Waals surface area contributed by atoms with Crippen LogP contribution in [0.5, 0.6) is 0 Å². The molecule has 0 spiro atoms. The highest BCUT2D eigenvalue weighted by Crippen LogP contribution is 2.34. The number of thiophene rings is 1. The first-order chi connectivity index (χ1) is 7.86. The van der Waals surface area contributed by atoms with E-state index in [0.29, 0.717) is 16.6 Å². The molecule has 1 aromatic rings. The molecule has 17 heavy (non-hydrogen) atoms. The zero-order valence-electron chi connectivity index (χ0n) is 9.11. The van der Waals surface area contributed by atoms with E-state index in [2.05, 4.69) is 36.6 Å². The predicted octanol–water partition coefficient (Wildman–Crippen LogP) is 2.71. The summed E-state index contributed by atoms with van der Waals surface area (Å²) in [6, 6.07) is 1.37. The lowest BCUT2D eigenvalue weighted by molar-refractivity contribution is 0.279. The maximum atomic E-state index is 12.0. The molecule has 0 saturated carbocycles. The molecule has 1 unspecified atom stereocenters. The summed E-state index contributed by atoms with van der Waals surface area (Å²) in [6.45, 7) is 1.85. The average Bonchev–Trinajstić information content (AvgIpc) is 2.55. The zero-order chi connectivity index (χ0) is 13.1. The molecule has 0 aliphatic heterocycles. The Morgan fingerprint density at radius 3 is 2.65 bits per heavy atom. The summed E-state index contributed by atoms with van der Waals surface area (Å²) in [5, 5.41) is 8.69. The van der Waals surface area contributed by atoms with Crippen molar-refractivity contribution in [2.24, 2.45) is 0 Å². The first-order valence-corrected chi connectivity index (χ1v) is 8.83. The predicted molar refractivity (Wildman–Crippen MR) is 75.8 cm³/mol. The Balaban J connectivity index is 2.79. The van der Waals surface area contributed by atoms with Gasteiger partial charge in [-0.3, -0.25) is 0 Å². The molecule has 4 nitrogen and oxygen atoms in total. The first-order valence-electron chi connectivity index (χ1n) is 4.95. The molecule has 0 saturated heterocycles. The molecule has 2 N–H and O–H groups in total. The lowest BCUT2D eigenvalue weighted by atomic mass is 10.2. The Kier molecular flexibility index (Phi) is 6.07. The van der Waals surface area contributed by atoms with E-state index in [1.54, 1.807) is 13.0 Å². The number of halogens is 2. The van der Waals surface area contributed by atoms with Crippen molar-refractivity contribution in [3.63, 3.8) is 0 Å². The van der Waals surface area contributed by atoms with Gasteiger partial charge in [-0.05, 0) is 57.7 Å². The smallest absolute Gasteiger partial charge is 0.242 e. The second-order valence-corrected chi connectivity index (χ2v) is 9.01. The van der Waals surface area contributed by atoms with Gasteiger partial charge >= 0.3 is 0 Å². The Morgan fingerprint density at radius 1 is 1.53 bits per heavy atom. The zero-order valence-corrected chi connectivity index (χ0v) is 13.9. The highest BCUT2D eigenvalue weighted by atomic mass is 79.9. The number of hydrogen-bond donors (Lipinski definition) is 2. The summed E-state index contributed by atoms with van der Waals surface area (Å²) in [5.41, 5.74) is 0. The minimum atomic E-state index is -3.50. The van der Waals surface area contributed by atoms with Crippen LogP contribution in [-0.2, 0) is 10.0 Å². The summed E-state index contributed by atoms with van der Waals surface area (Å²) < 4.78 is 28.0. The SMILES string of the molecule is CC(CCCO)NS(=O)(=O)c1cc(Br)sc1Br. The van der Waals surface area contributed by atoms with E-state index in [4.69, 9.17) is 5.11 Å². The van der Waals surface area contributed by atoms with Gasteiger partial charge < -0.3 is 5.11 Å². The topological polar surface area (TPSA) is 66.4 Å².